The van der Waals surface area contributed by atoms with Crippen molar-refractivity contribution in [1.29, 1.82) is 0 Å². The van der Waals surface area contributed by atoms with Gasteiger partial charge in [-0.3, -0.25) is 9.78 Å². The molecule has 2 aromatic rings. The van der Waals surface area contributed by atoms with E-state index >= 15 is 0 Å². The molecule has 1 heterocycles. The Labute approximate surface area is 120 Å². The van der Waals surface area contributed by atoms with Crippen LogP contribution in [0.5, 0.6) is 0 Å². The van der Waals surface area contributed by atoms with Crippen LogP contribution in [0.1, 0.15) is 11.1 Å². The van der Waals surface area contributed by atoms with Gasteiger partial charge in [0.05, 0.1) is 5.92 Å². The van der Waals surface area contributed by atoms with E-state index in [-0.39, 0.29) is 0 Å². The third-order valence-corrected chi connectivity index (χ3v) is 3.45. The minimum absolute atomic E-state index is 0.420. The number of rotatable bonds is 5. The van der Waals surface area contributed by atoms with Gasteiger partial charge in [0.25, 0.3) is 0 Å². The molecular weight excluding hydrogens is 306 g/mol. The van der Waals surface area contributed by atoms with E-state index in [9.17, 15) is 9.90 Å². The van der Waals surface area contributed by atoms with Gasteiger partial charge in [0.15, 0.2) is 0 Å². The number of carboxylic acids is 1. The molecule has 1 atom stereocenters. The first-order chi connectivity index (χ1) is 9.15. The normalized spacial score (nSPS) is 12.1. The average Bonchev–Trinajstić information content (AvgIpc) is 2.39. The van der Waals surface area contributed by atoms with Crippen LogP contribution in [0.4, 0.5) is 0 Å². The predicted molar refractivity (Wildman–Crippen MR) is 76.9 cm³/mol. The average molecular weight is 320 g/mol. The Bertz CT molecular complexity index is 557. The maximum atomic E-state index is 11.4. The SMILES string of the molecule is O=C(O)C(Cc1ccncc1)Cc1cccc(Br)c1. The van der Waals surface area contributed by atoms with Gasteiger partial charge in [-0.05, 0) is 48.2 Å². The van der Waals surface area contributed by atoms with Gasteiger partial charge in [-0.1, -0.05) is 28.1 Å². The first kappa shape index (κ1) is 13.7. The van der Waals surface area contributed by atoms with Gasteiger partial charge in [0.2, 0.25) is 0 Å². The monoisotopic (exact) mass is 319 g/mol. The van der Waals surface area contributed by atoms with E-state index in [1.807, 2.05) is 36.4 Å². The molecule has 0 aliphatic rings. The Morgan fingerprint density at radius 1 is 1.16 bits per heavy atom. The number of carbonyl (C=O) groups is 1. The Balaban J connectivity index is 2.11. The number of aromatic nitrogens is 1. The minimum atomic E-state index is -0.767. The summed E-state index contributed by atoms with van der Waals surface area (Å²) in [5, 5.41) is 9.34. The first-order valence-electron chi connectivity index (χ1n) is 6.01. The Hall–Kier alpha value is -1.68. The van der Waals surface area contributed by atoms with Crippen molar-refractivity contribution in [2.45, 2.75) is 12.8 Å². The van der Waals surface area contributed by atoms with Crippen LogP contribution >= 0.6 is 15.9 Å². The van der Waals surface area contributed by atoms with Gasteiger partial charge in [-0.2, -0.15) is 0 Å². The second kappa shape index (κ2) is 6.48. The topological polar surface area (TPSA) is 50.2 Å². The molecule has 0 saturated carbocycles. The van der Waals surface area contributed by atoms with Gasteiger partial charge in [0, 0.05) is 16.9 Å². The van der Waals surface area contributed by atoms with E-state index in [4.69, 9.17) is 0 Å². The van der Waals surface area contributed by atoms with E-state index in [0.717, 1.165) is 15.6 Å². The van der Waals surface area contributed by atoms with Crippen LogP contribution < -0.4 is 0 Å². The molecule has 0 saturated heterocycles. The van der Waals surface area contributed by atoms with Crippen molar-refractivity contribution < 1.29 is 9.90 Å². The summed E-state index contributed by atoms with van der Waals surface area (Å²) in [4.78, 5) is 15.3. The molecule has 1 aromatic carbocycles. The lowest BCUT2D eigenvalue weighted by Gasteiger charge is -2.12. The Morgan fingerprint density at radius 2 is 1.84 bits per heavy atom. The Kier molecular flexibility index (Phi) is 4.68. The summed E-state index contributed by atoms with van der Waals surface area (Å²) in [6.07, 6.45) is 4.42. The fourth-order valence-electron chi connectivity index (χ4n) is 2.00. The molecule has 98 valence electrons. The zero-order valence-electron chi connectivity index (χ0n) is 10.3. The highest BCUT2D eigenvalue weighted by Gasteiger charge is 2.18. The van der Waals surface area contributed by atoms with Crippen LogP contribution in [-0.4, -0.2) is 16.1 Å². The van der Waals surface area contributed by atoms with Crippen LogP contribution in [0.15, 0.2) is 53.3 Å². The molecule has 0 amide bonds. The summed E-state index contributed by atoms with van der Waals surface area (Å²) in [5.74, 6) is -1.19. The molecule has 3 nitrogen and oxygen atoms in total. The maximum Gasteiger partial charge on any atom is 0.307 e. The fraction of sp³-hybridized carbons (Fsp3) is 0.200. The molecule has 0 radical (unpaired) electrons. The second-order valence-corrected chi connectivity index (χ2v) is 5.34. The van der Waals surface area contributed by atoms with Crippen LogP contribution in [0.2, 0.25) is 0 Å². The highest BCUT2D eigenvalue weighted by Crippen LogP contribution is 2.18. The summed E-state index contributed by atoms with van der Waals surface area (Å²) >= 11 is 3.40. The van der Waals surface area contributed by atoms with E-state index < -0.39 is 11.9 Å². The number of benzene rings is 1. The molecule has 1 aromatic heterocycles. The lowest BCUT2D eigenvalue weighted by Crippen LogP contribution is -2.19. The highest BCUT2D eigenvalue weighted by atomic mass is 79.9. The van der Waals surface area contributed by atoms with Crippen LogP contribution in [0, 0.1) is 5.92 Å². The van der Waals surface area contributed by atoms with Gasteiger partial charge >= 0.3 is 5.97 Å². The van der Waals surface area contributed by atoms with Gasteiger partial charge in [-0.25, -0.2) is 0 Å². The zero-order chi connectivity index (χ0) is 13.7. The number of pyridine rings is 1. The van der Waals surface area contributed by atoms with Gasteiger partial charge in [-0.15, -0.1) is 0 Å². The largest absolute Gasteiger partial charge is 0.481 e. The lowest BCUT2D eigenvalue weighted by molar-refractivity contribution is -0.141. The summed E-state index contributed by atoms with van der Waals surface area (Å²) in [7, 11) is 0. The molecule has 1 N–H and O–H groups in total. The number of hydrogen-bond donors (Lipinski definition) is 1. The van der Waals surface area contributed by atoms with Crippen molar-refractivity contribution in [2.24, 2.45) is 5.92 Å². The van der Waals surface area contributed by atoms with Crippen molar-refractivity contribution in [3.8, 4) is 0 Å². The quantitative estimate of drug-likeness (QED) is 0.919. The van der Waals surface area contributed by atoms with Crippen LogP contribution in [0.25, 0.3) is 0 Å². The van der Waals surface area contributed by atoms with Crippen molar-refractivity contribution in [3.05, 3.63) is 64.4 Å². The van der Waals surface area contributed by atoms with Gasteiger partial charge in [0.1, 0.15) is 0 Å². The summed E-state index contributed by atoms with van der Waals surface area (Å²) < 4.78 is 0.970. The van der Waals surface area contributed by atoms with Crippen LogP contribution in [-0.2, 0) is 17.6 Å². The molecule has 4 heteroatoms. The lowest BCUT2D eigenvalue weighted by atomic mass is 9.93. The highest BCUT2D eigenvalue weighted by molar-refractivity contribution is 9.10. The molecular formula is C15H14BrNO2. The zero-order valence-corrected chi connectivity index (χ0v) is 11.9. The number of nitrogens with zero attached hydrogens (tertiary/aromatic N) is 1. The van der Waals surface area contributed by atoms with E-state index in [2.05, 4.69) is 20.9 Å². The fourth-order valence-corrected chi connectivity index (χ4v) is 2.45. The minimum Gasteiger partial charge on any atom is -0.481 e. The number of aliphatic carboxylic acids is 1. The van der Waals surface area contributed by atoms with E-state index in [1.54, 1.807) is 12.4 Å². The molecule has 1 unspecified atom stereocenters. The molecule has 0 fully saturated rings. The van der Waals surface area contributed by atoms with Crippen molar-refractivity contribution in [1.82, 2.24) is 4.98 Å². The number of hydrogen-bond acceptors (Lipinski definition) is 2. The van der Waals surface area contributed by atoms with Crippen LogP contribution in [0.3, 0.4) is 0 Å². The molecule has 0 spiro atoms. The summed E-state index contributed by atoms with van der Waals surface area (Å²) in [6, 6.07) is 11.5. The maximum absolute atomic E-state index is 11.4. The standard InChI is InChI=1S/C15H14BrNO2/c16-14-3-1-2-12(10-14)9-13(15(18)19)8-11-4-6-17-7-5-11/h1-7,10,13H,8-9H2,(H,18,19). The summed E-state index contributed by atoms with van der Waals surface area (Å²) in [5.41, 5.74) is 2.02. The third kappa shape index (κ3) is 4.17. The van der Waals surface area contributed by atoms with Crippen molar-refractivity contribution in [3.63, 3.8) is 0 Å². The number of carboxylic acid groups (broad SMARTS) is 1. The molecule has 0 aliphatic heterocycles. The third-order valence-electron chi connectivity index (χ3n) is 2.95. The van der Waals surface area contributed by atoms with E-state index in [1.165, 1.54) is 0 Å². The molecule has 19 heavy (non-hydrogen) atoms. The predicted octanol–water partition coefficient (Wildman–Crippen LogP) is 3.33. The summed E-state index contributed by atoms with van der Waals surface area (Å²) in [6.45, 7) is 0. The molecule has 2 rings (SSSR count). The van der Waals surface area contributed by atoms with Crippen molar-refractivity contribution in [2.75, 3.05) is 0 Å². The first-order valence-corrected chi connectivity index (χ1v) is 6.80. The van der Waals surface area contributed by atoms with E-state index in [0.29, 0.717) is 12.8 Å². The van der Waals surface area contributed by atoms with Gasteiger partial charge < -0.3 is 5.11 Å². The Morgan fingerprint density at radius 3 is 2.47 bits per heavy atom. The molecule has 0 bridgehead atoms. The van der Waals surface area contributed by atoms with Crippen molar-refractivity contribution >= 4 is 21.9 Å². The smallest absolute Gasteiger partial charge is 0.307 e. The molecule has 0 aliphatic carbocycles. The second-order valence-electron chi connectivity index (χ2n) is 4.43. The number of halogens is 1.